The lowest BCUT2D eigenvalue weighted by molar-refractivity contribution is -0.121. The molecule has 2 aromatic rings. The van der Waals surface area contributed by atoms with Crippen molar-refractivity contribution in [3.8, 4) is 0 Å². The summed E-state index contributed by atoms with van der Waals surface area (Å²) in [5.74, 6) is -0.337. The summed E-state index contributed by atoms with van der Waals surface area (Å²) in [6, 6.07) is 14.8. The van der Waals surface area contributed by atoms with Crippen molar-refractivity contribution in [3.05, 3.63) is 59.1 Å². The Morgan fingerprint density at radius 2 is 1.67 bits per heavy atom. The summed E-state index contributed by atoms with van der Waals surface area (Å²) in [4.78, 5) is 28.0. The molecule has 5 heteroatoms. The number of carbonyl (C=O) groups is 2. The van der Waals surface area contributed by atoms with Crippen molar-refractivity contribution >= 4 is 34.8 Å². The van der Waals surface area contributed by atoms with Crippen molar-refractivity contribution in [1.82, 2.24) is 0 Å². The van der Waals surface area contributed by atoms with Gasteiger partial charge in [-0.05, 0) is 43.7 Å². The van der Waals surface area contributed by atoms with Gasteiger partial charge >= 0.3 is 0 Å². The van der Waals surface area contributed by atoms with Crippen LogP contribution in [0.15, 0.2) is 48.5 Å². The fourth-order valence-electron chi connectivity index (χ4n) is 2.59. The Morgan fingerprint density at radius 1 is 1.00 bits per heavy atom. The van der Waals surface area contributed by atoms with Gasteiger partial charge in [0.05, 0.1) is 0 Å². The highest BCUT2D eigenvalue weighted by Crippen LogP contribution is 2.27. The van der Waals surface area contributed by atoms with Gasteiger partial charge in [0, 0.05) is 29.9 Å². The molecule has 0 unspecified atom stereocenters. The summed E-state index contributed by atoms with van der Waals surface area (Å²) in [5.41, 5.74) is 2.26. The lowest BCUT2D eigenvalue weighted by Gasteiger charge is -2.27. The standard InChI is InChI=1S/C19H21ClN2O2/c1-4-21(16-9-6-5-7-10-16)19(24)13-22(15(3)23)18-12-8-11-17(20)14(18)2/h5-12H,4,13H2,1-3H3. The molecule has 24 heavy (non-hydrogen) atoms. The molecule has 2 aromatic carbocycles. The topological polar surface area (TPSA) is 40.6 Å². The number of carbonyl (C=O) groups excluding carboxylic acids is 2. The third-order valence-corrected chi connectivity index (χ3v) is 4.30. The lowest BCUT2D eigenvalue weighted by Crippen LogP contribution is -2.42. The Balaban J connectivity index is 2.29. The molecule has 0 aliphatic heterocycles. The number of anilines is 2. The van der Waals surface area contributed by atoms with Gasteiger partial charge < -0.3 is 9.80 Å². The van der Waals surface area contributed by atoms with E-state index in [-0.39, 0.29) is 18.4 Å². The molecule has 0 heterocycles. The molecule has 2 amide bonds. The molecule has 0 fully saturated rings. The molecule has 0 saturated heterocycles. The Morgan fingerprint density at radius 3 is 2.25 bits per heavy atom. The Kier molecular flexibility index (Phi) is 5.99. The van der Waals surface area contributed by atoms with E-state index in [1.54, 1.807) is 23.1 Å². The smallest absolute Gasteiger partial charge is 0.247 e. The zero-order chi connectivity index (χ0) is 17.7. The predicted molar refractivity (Wildman–Crippen MR) is 98.7 cm³/mol. The summed E-state index contributed by atoms with van der Waals surface area (Å²) >= 11 is 6.15. The summed E-state index contributed by atoms with van der Waals surface area (Å²) in [6.45, 7) is 5.70. The van der Waals surface area contributed by atoms with Gasteiger partial charge in [0.25, 0.3) is 0 Å². The molecular formula is C19H21ClN2O2. The second-order valence-corrected chi connectivity index (χ2v) is 5.87. The third kappa shape index (κ3) is 3.95. The van der Waals surface area contributed by atoms with Crippen LogP contribution >= 0.6 is 11.6 Å². The van der Waals surface area contributed by atoms with E-state index in [1.165, 1.54) is 11.8 Å². The van der Waals surface area contributed by atoms with E-state index in [2.05, 4.69) is 0 Å². The van der Waals surface area contributed by atoms with Crippen molar-refractivity contribution < 1.29 is 9.59 Å². The van der Waals surface area contributed by atoms with Gasteiger partial charge in [-0.15, -0.1) is 0 Å². The number of rotatable bonds is 5. The van der Waals surface area contributed by atoms with Crippen molar-refractivity contribution in [2.24, 2.45) is 0 Å². The third-order valence-electron chi connectivity index (χ3n) is 3.89. The van der Waals surface area contributed by atoms with E-state index in [4.69, 9.17) is 11.6 Å². The van der Waals surface area contributed by atoms with Crippen LogP contribution < -0.4 is 9.80 Å². The van der Waals surface area contributed by atoms with Crippen LogP contribution in [-0.2, 0) is 9.59 Å². The molecular weight excluding hydrogens is 324 g/mol. The van der Waals surface area contributed by atoms with Crippen LogP contribution in [0.3, 0.4) is 0 Å². The number of hydrogen-bond acceptors (Lipinski definition) is 2. The van der Waals surface area contributed by atoms with Crippen LogP contribution in [0.25, 0.3) is 0 Å². The summed E-state index contributed by atoms with van der Waals surface area (Å²) in [5, 5.41) is 0.571. The fourth-order valence-corrected chi connectivity index (χ4v) is 2.76. The van der Waals surface area contributed by atoms with E-state index in [1.807, 2.05) is 44.2 Å². The maximum atomic E-state index is 12.8. The van der Waals surface area contributed by atoms with E-state index >= 15 is 0 Å². The van der Waals surface area contributed by atoms with Gasteiger partial charge in [-0.2, -0.15) is 0 Å². The first-order valence-electron chi connectivity index (χ1n) is 7.84. The van der Waals surface area contributed by atoms with Crippen LogP contribution in [0.4, 0.5) is 11.4 Å². The normalized spacial score (nSPS) is 10.3. The average Bonchev–Trinajstić information content (AvgIpc) is 2.57. The van der Waals surface area contributed by atoms with Gasteiger partial charge in [-0.1, -0.05) is 35.9 Å². The summed E-state index contributed by atoms with van der Waals surface area (Å²) < 4.78 is 0. The van der Waals surface area contributed by atoms with E-state index in [0.29, 0.717) is 17.3 Å². The molecule has 0 atom stereocenters. The average molecular weight is 345 g/mol. The fraction of sp³-hybridized carbons (Fsp3) is 0.263. The molecule has 0 saturated carbocycles. The van der Waals surface area contributed by atoms with E-state index in [9.17, 15) is 9.59 Å². The second kappa shape index (κ2) is 7.97. The van der Waals surface area contributed by atoms with Crippen LogP contribution in [0.1, 0.15) is 19.4 Å². The van der Waals surface area contributed by atoms with Gasteiger partial charge in [0.2, 0.25) is 11.8 Å². The zero-order valence-electron chi connectivity index (χ0n) is 14.1. The Hall–Kier alpha value is -2.33. The maximum Gasteiger partial charge on any atom is 0.247 e. The molecule has 2 rings (SSSR count). The highest BCUT2D eigenvalue weighted by atomic mass is 35.5. The number of hydrogen-bond donors (Lipinski definition) is 0. The number of amides is 2. The highest BCUT2D eigenvalue weighted by molar-refractivity contribution is 6.31. The Bertz CT molecular complexity index is 731. The van der Waals surface area contributed by atoms with Crippen molar-refractivity contribution in [2.75, 3.05) is 22.9 Å². The molecule has 0 bridgehead atoms. The van der Waals surface area contributed by atoms with E-state index < -0.39 is 0 Å². The summed E-state index contributed by atoms with van der Waals surface area (Å²) in [6.07, 6.45) is 0. The Labute approximate surface area is 147 Å². The van der Waals surface area contributed by atoms with Gasteiger partial charge in [-0.3, -0.25) is 9.59 Å². The van der Waals surface area contributed by atoms with Gasteiger partial charge in [0.1, 0.15) is 6.54 Å². The number of nitrogens with zero attached hydrogens (tertiary/aromatic N) is 2. The zero-order valence-corrected chi connectivity index (χ0v) is 14.9. The molecule has 0 aromatic heterocycles. The van der Waals surface area contributed by atoms with Crippen molar-refractivity contribution in [3.63, 3.8) is 0 Å². The SMILES string of the molecule is CCN(C(=O)CN(C(C)=O)c1cccc(Cl)c1C)c1ccccc1. The minimum atomic E-state index is -0.196. The molecule has 4 nitrogen and oxygen atoms in total. The largest absolute Gasteiger partial charge is 0.311 e. The number of halogens is 1. The number of benzene rings is 2. The molecule has 0 aliphatic rings. The molecule has 0 N–H and O–H groups in total. The maximum absolute atomic E-state index is 12.8. The number of likely N-dealkylation sites (N-methyl/N-ethyl adjacent to an activating group) is 1. The van der Waals surface area contributed by atoms with Crippen LogP contribution in [0.5, 0.6) is 0 Å². The van der Waals surface area contributed by atoms with Crippen LogP contribution in [0.2, 0.25) is 5.02 Å². The van der Waals surface area contributed by atoms with Crippen molar-refractivity contribution in [1.29, 1.82) is 0 Å². The first kappa shape index (κ1) is 18.0. The molecule has 0 spiro atoms. The predicted octanol–water partition coefficient (Wildman–Crippen LogP) is 4.05. The number of para-hydroxylation sites is 1. The first-order chi connectivity index (χ1) is 11.5. The highest BCUT2D eigenvalue weighted by Gasteiger charge is 2.22. The second-order valence-electron chi connectivity index (χ2n) is 5.46. The summed E-state index contributed by atoms with van der Waals surface area (Å²) in [7, 11) is 0. The van der Waals surface area contributed by atoms with Crippen molar-refractivity contribution in [2.45, 2.75) is 20.8 Å². The monoisotopic (exact) mass is 344 g/mol. The molecule has 126 valence electrons. The van der Waals surface area contributed by atoms with Crippen LogP contribution in [0, 0.1) is 6.92 Å². The van der Waals surface area contributed by atoms with Gasteiger partial charge in [0.15, 0.2) is 0 Å². The van der Waals surface area contributed by atoms with Crippen LogP contribution in [-0.4, -0.2) is 24.9 Å². The lowest BCUT2D eigenvalue weighted by atomic mass is 10.1. The van der Waals surface area contributed by atoms with E-state index in [0.717, 1.165) is 11.3 Å². The molecule has 0 radical (unpaired) electrons. The van der Waals surface area contributed by atoms with Gasteiger partial charge in [-0.25, -0.2) is 0 Å². The minimum Gasteiger partial charge on any atom is -0.311 e. The quantitative estimate of drug-likeness (QED) is 0.820. The minimum absolute atomic E-state index is 0.0285. The first-order valence-corrected chi connectivity index (χ1v) is 8.22. The molecule has 0 aliphatic carbocycles.